The van der Waals surface area contributed by atoms with E-state index in [1.54, 1.807) is 14.2 Å². The van der Waals surface area contributed by atoms with Crippen molar-refractivity contribution < 1.29 is 14.0 Å². The molecule has 0 amide bonds. The third-order valence-corrected chi connectivity index (χ3v) is 4.20. The summed E-state index contributed by atoms with van der Waals surface area (Å²) < 4.78 is 16.6. The first kappa shape index (κ1) is 17.1. The van der Waals surface area contributed by atoms with E-state index in [4.69, 9.17) is 14.0 Å². The summed E-state index contributed by atoms with van der Waals surface area (Å²) in [6, 6.07) is 5.79. The van der Waals surface area contributed by atoms with E-state index >= 15 is 0 Å². The highest BCUT2D eigenvalue weighted by atomic mass is 16.5. The lowest BCUT2D eigenvalue weighted by Gasteiger charge is -2.15. The number of nitrogens with zero attached hydrogens (tertiary/aromatic N) is 2. The number of rotatable bonds is 6. The molecule has 0 aliphatic carbocycles. The molecule has 3 aromatic rings. The molecule has 1 aromatic carbocycles. The van der Waals surface area contributed by atoms with E-state index in [1.165, 1.54) is 0 Å². The minimum absolute atomic E-state index is 0.305. The predicted molar refractivity (Wildman–Crippen MR) is 96.1 cm³/mol. The maximum atomic E-state index is 5.57. The molecule has 1 N–H and O–H groups in total. The van der Waals surface area contributed by atoms with Gasteiger partial charge in [0, 0.05) is 24.0 Å². The number of methoxy groups -OCH3 is 2. The average molecular weight is 341 g/mol. The van der Waals surface area contributed by atoms with Crippen LogP contribution in [0.1, 0.15) is 37.9 Å². The zero-order valence-electron chi connectivity index (χ0n) is 15.2. The molecule has 2 aromatic heterocycles. The second-order valence-corrected chi connectivity index (χ2v) is 6.14. The van der Waals surface area contributed by atoms with Crippen LogP contribution in [0.25, 0.3) is 22.8 Å². The van der Waals surface area contributed by atoms with Gasteiger partial charge in [-0.15, -0.1) is 0 Å². The Morgan fingerprint density at radius 1 is 1.12 bits per heavy atom. The van der Waals surface area contributed by atoms with E-state index in [-0.39, 0.29) is 0 Å². The topological polar surface area (TPSA) is 73.2 Å². The highest BCUT2D eigenvalue weighted by Crippen LogP contribution is 2.39. The summed E-state index contributed by atoms with van der Waals surface area (Å²) in [6.45, 7) is 6.31. The molecule has 0 aliphatic heterocycles. The Morgan fingerprint density at radius 2 is 1.88 bits per heavy atom. The maximum Gasteiger partial charge on any atom is 0.171 e. The molecule has 0 aliphatic rings. The molecule has 0 unspecified atom stereocenters. The van der Waals surface area contributed by atoms with Gasteiger partial charge in [-0.2, -0.15) is 0 Å². The number of imidazole rings is 1. The molecule has 0 bridgehead atoms. The van der Waals surface area contributed by atoms with Crippen molar-refractivity contribution in [3.05, 3.63) is 35.7 Å². The predicted octanol–water partition coefficient (Wildman–Crippen LogP) is 4.43. The Kier molecular flexibility index (Phi) is 4.79. The Balaban J connectivity index is 2.05. The molecular formula is C19H23N3O3. The second kappa shape index (κ2) is 7.01. The summed E-state index contributed by atoms with van der Waals surface area (Å²) in [4.78, 5) is 7.59. The van der Waals surface area contributed by atoms with Crippen molar-refractivity contribution in [2.45, 2.75) is 33.1 Å². The van der Waals surface area contributed by atoms with Gasteiger partial charge in [-0.1, -0.05) is 25.9 Å². The molecule has 132 valence electrons. The van der Waals surface area contributed by atoms with Crippen LogP contribution in [-0.4, -0.2) is 29.3 Å². The zero-order valence-corrected chi connectivity index (χ0v) is 15.2. The normalized spacial score (nSPS) is 11.1. The summed E-state index contributed by atoms with van der Waals surface area (Å²) in [5.41, 5.74) is 3.65. The van der Waals surface area contributed by atoms with Gasteiger partial charge in [-0.25, -0.2) is 4.98 Å². The molecule has 6 nitrogen and oxygen atoms in total. The molecule has 3 rings (SSSR count). The van der Waals surface area contributed by atoms with E-state index in [0.29, 0.717) is 28.9 Å². The average Bonchev–Trinajstić information content (AvgIpc) is 3.29. The molecule has 2 heterocycles. The van der Waals surface area contributed by atoms with Crippen molar-refractivity contribution in [2.75, 3.05) is 14.2 Å². The lowest BCUT2D eigenvalue weighted by molar-refractivity contribution is 0.387. The summed E-state index contributed by atoms with van der Waals surface area (Å²) in [6.07, 6.45) is 2.70. The van der Waals surface area contributed by atoms with Gasteiger partial charge in [0.05, 0.1) is 19.8 Å². The third kappa shape index (κ3) is 3.24. The van der Waals surface area contributed by atoms with Crippen LogP contribution < -0.4 is 9.47 Å². The number of aromatic amines is 1. The van der Waals surface area contributed by atoms with Crippen LogP contribution in [0.3, 0.4) is 0 Å². The SMILES string of the molecule is CCc1cnc(-c2cc(-c3cc(C(C)C)c(OC)cc3OC)on2)[nH]1. The highest BCUT2D eigenvalue weighted by Gasteiger charge is 2.19. The van der Waals surface area contributed by atoms with Crippen LogP contribution in [0.5, 0.6) is 11.5 Å². The first-order valence-corrected chi connectivity index (χ1v) is 8.34. The number of benzene rings is 1. The van der Waals surface area contributed by atoms with Crippen molar-refractivity contribution in [1.82, 2.24) is 15.1 Å². The quantitative estimate of drug-likeness (QED) is 0.718. The van der Waals surface area contributed by atoms with Gasteiger partial charge in [0.2, 0.25) is 0 Å². The monoisotopic (exact) mass is 341 g/mol. The molecule has 0 saturated carbocycles. The van der Waals surface area contributed by atoms with Gasteiger partial charge >= 0.3 is 0 Å². The lowest BCUT2D eigenvalue weighted by Crippen LogP contribution is -1.97. The first-order chi connectivity index (χ1) is 12.1. The van der Waals surface area contributed by atoms with Crippen LogP contribution in [-0.2, 0) is 6.42 Å². The van der Waals surface area contributed by atoms with Crippen molar-refractivity contribution in [3.8, 4) is 34.3 Å². The molecule has 0 spiro atoms. The lowest BCUT2D eigenvalue weighted by atomic mass is 9.97. The minimum atomic E-state index is 0.305. The van der Waals surface area contributed by atoms with Gasteiger partial charge in [0.15, 0.2) is 11.6 Å². The molecule has 0 fully saturated rings. The van der Waals surface area contributed by atoms with E-state index in [0.717, 1.165) is 29.0 Å². The van der Waals surface area contributed by atoms with Gasteiger partial charge < -0.3 is 19.0 Å². The van der Waals surface area contributed by atoms with Crippen LogP contribution in [0.4, 0.5) is 0 Å². The van der Waals surface area contributed by atoms with E-state index in [1.807, 2.05) is 24.4 Å². The molecule has 0 atom stereocenters. The van der Waals surface area contributed by atoms with Crippen LogP contribution >= 0.6 is 0 Å². The largest absolute Gasteiger partial charge is 0.496 e. The first-order valence-electron chi connectivity index (χ1n) is 8.34. The Labute approximate surface area is 147 Å². The van der Waals surface area contributed by atoms with Crippen molar-refractivity contribution in [1.29, 1.82) is 0 Å². The van der Waals surface area contributed by atoms with Crippen molar-refractivity contribution in [2.24, 2.45) is 0 Å². The smallest absolute Gasteiger partial charge is 0.171 e. The number of H-pyrrole nitrogens is 1. The number of hydrogen-bond acceptors (Lipinski definition) is 5. The summed E-state index contributed by atoms with van der Waals surface area (Å²) in [7, 11) is 3.29. The number of ether oxygens (including phenoxy) is 2. The third-order valence-electron chi connectivity index (χ3n) is 4.20. The fraction of sp³-hybridized carbons (Fsp3) is 0.368. The Bertz CT molecular complexity index is 865. The van der Waals surface area contributed by atoms with E-state index in [9.17, 15) is 0 Å². The van der Waals surface area contributed by atoms with Crippen LogP contribution in [0.2, 0.25) is 0 Å². The standard InChI is InChI=1S/C19H23N3O3/c1-6-12-10-20-19(21-12)15-8-18(25-22-15)14-7-13(11(2)3)16(23-4)9-17(14)24-5/h7-11H,6H2,1-5H3,(H,20,21). The van der Waals surface area contributed by atoms with Gasteiger partial charge in [0.25, 0.3) is 0 Å². The minimum Gasteiger partial charge on any atom is -0.496 e. The number of aromatic nitrogens is 3. The molecule has 0 radical (unpaired) electrons. The fourth-order valence-corrected chi connectivity index (χ4v) is 2.75. The number of nitrogens with one attached hydrogen (secondary N) is 1. The summed E-state index contributed by atoms with van der Waals surface area (Å²) in [5.74, 6) is 3.11. The number of hydrogen-bond donors (Lipinski definition) is 1. The van der Waals surface area contributed by atoms with Gasteiger partial charge in [-0.3, -0.25) is 0 Å². The zero-order chi connectivity index (χ0) is 18.0. The van der Waals surface area contributed by atoms with Crippen molar-refractivity contribution >= 4 is 0 Å². The van der Waals surface area contributed by atoms with E-state index < -0.39 is 0 Å². The maximum absolute atomic E-state index is 5.57. The summed E-state index contributed by atoms with van der Waals surface area (Å²) in [5, 5.41) is 4.15. The fourth-order valence-electron chi connectivity index (χ4n) is 2.75. The Hall–Kier alpha value is -2.76. The summed E-state index contributed by atoms with van der Waals surface area (Å²) >= 11 is 0. The van der Waals surface area contributed by atoms with Gasteiger partial charge in [-0.05, 0) is 24.0 Å². The van der Waals surface area contributed by atoms with Gasteiger partial charge in [0.1, 0.15) is 17.2 Å². The molecule has 6 heteroatoms. The van der Waals surface area contributed by atoms with Crippen LogP contribution in [0, 0.1) is 0 Å². The number of aryl methyl sites for hydroxylation is 1. The van der Waals surface area contributed by atoms with Crippen molar-refractivity contribution in [3.63, 3.8) is 0 Å². The second-order valence-electron chi connectivity index (χ2n) is 6.14. The van der Waals surface area contributed by atoms with E-state index in [2.05, 4.69) is 35.9 Å². The Morgan fingerprint density at radius 3 is 2.48 bits per heavy atom. The highest BCUT2D eigenvalue weighted by molar-refractivity contribution is 5.72. The molecule has 25 heavy (non-hydrogen) atoms. The van der Waals surface area contributed by atoms with Crippen LogP contribution in [0.15, 0.2) is 28.9 Å². The molecular weight excluding hydrogens is 318 g/mol. The molecule has 0 saturated heterocycles.